The van der Waals surface area contributed by atoms with Gasteiger partial charge in [0, 0.05) is 10.9 Å². The van der Waals surface area contributed by atoms with Crippen molar-refractivity contribution in [1.29, 1.82) is 0 Å². The maximum Gasteiger partial charge on any atom is 0.422 e. The number of hydrogen-bond donors (Lipinski definition) is 1. The fourth-order valence-corrected chi connectivity index (χ4v) is 3.01. The van der Waals surface area contributed by atoms with Crippen molar-refractivity contribution >= 4 is 33.0 Å². The van der Waals surface area contributed by atoms with Crippen molar-refractivity contribution in [1.82, 2.24) is 4.98 Å². The smallest absolute Gasteiger partial charge is 0.422 e. The summed E-state index contributed by atoms with van der Waals surface area (Å²) in [6, 6.07) is 7.08. The maximum absolute atomic E-state index is 12.0. The molecule has 1 atom stereocenters. The van der Waals surface area contributed by atoms with Crippen LogP contribution in [0.4, 0.5) is 18.9 Å². The molecule has 2 aromatic heterocycles. The van der Waals surface area contributed by atoms with Crippen molar-refractivity contribution < 1.29 is 17.9 Å². The van der Waals surface area contributed by atoms with E-state index in [1.54, 1.807) is 17.4 Å². The van der Waals surface area contributed by atoms with Gasteiger partial charge in [-0.2, -0.15) is 13.2 Å². The number of anilines is 1. The van der Waals surface area contributed by atoms with Gasteiger partial charge in [0.1, 0.15) is 0 Å². The lowest BCUT2D eigenvalue weighted by Crippen LogP contribution is -2.19. The highest BCUT2D eigenvalue weighted by Gasteiger charge is 2.28. The van der Waals surface area contributed by atoms with E-state index in [4.69, 9.17) is 0 Å². The van der Waals surface area contributed by atoms with Crippen LogP contribution in [-0.4, -0.2) is 17.8 Å². The second-order valence-corrected chi connectivity index (χ2v) is 6.79. The molecule has 0 saturated carbocycles. The van der Waals surface area contributed by atoms with Crippen LogP contribution in [0.5, 0.6) is 5.88 Å². The van der Waals surface area contributed by atoms with Crippen LogP contribution in [0, 0.1) is 0 Å². The van der Waals surface area contributed by atoms with Crippen LogP contribution in [0.25, 0.3) is 0 Å². The van der Waals surface area contributed by atoms with Crippen molar-refractivity contribution in [3.8, 4) is 5.88 Å². The number of alkyl halides is 3. The molecule has 0 fully saturated rings. The van der Waals surface area contributed by atoms with Crippen molar-refractivity contribution in [3.63, 3.8) is 0 Å². The molecule has 0 amide bonds. The minimum Gasteiger partial charge on any atom is -0.468 e. The molecule has 3 nitrogen and oxygen atoms in total. The second-order valence-electron chi connectivity index (χ2n) is 4.30. The van der Waals surface area contributed by atoms with Crippen molar-refractivity contribution in [2.75, 3.05) is 11.9 Å². The lowest BCUT2D eigenvalue weighted by molar-refractivity contribution is -0.154. The van der Waals surface area contributed by atoms with Gasteiger partial charge in [0.05, 0.1) is 21.7 Å². The van der Waals surface area contributed by atoms with Gasteiger partial charge >= 0.3 is 6.18 Å². The molecule has 0 bridgehead atoms. The van der Waals surface area contributed by atoms with Gasteiger partial charge in [-0.3, -0.25) is 0 Å². The fraction of sp³-hybridized carbons (Fsp3) is 0.308. The number of ether oxygens (including phenoxy) is 1. The Kier molecular flexibility index (Phi) is 5.10. The van der Waals surface area contributed by atoms with Crippen LogP contribution in [0.15, 0.2) is 34.2 Å². The quantitative estimate of drug-likeness (QED) is 0.790. The summed E-state index contributed by atoms with van der Waals surface area (Å²) in [5.74, 6) is -0.0515. The Morgan fingerprint density at radius 2 is 2.10 bits per heavy atom. The SMILES string of the molecule is CC(Nc1ccc(OCC(F)(F)F)nc1)c1ccc(Br)s1. The van der Waals surface area contributed by atoms with Crippen molar-refractivity contribution in [2.24, 2.45) is 0 Å². The monoisotopic (exact) mass is 380 g/mol. The highest BCUT2D eigenvalue weighted by Crippen LogP contribution is 2.29. The zero-order valence-electron chi connectivity index (χ0n) is 10.9. The molecule has 114 valence electrons. The first-order chi connectivity index (χ1) is 9.83. The molecule has 2 rings (SSSR count). The van der Waals surface area contributed by atoms with E-state index in [1.807, 2.05) is 19.1 Å². The number of rotatable bonds is 5. The lowest BCUT2D eigenvalue weighted by Gasteiger charge is -2.14. The van der Waals surface area contributed by atoms with E-state index in [1.165, 1.54) is 12.3 Å². The summed E-state index contributed by atoms with van der Waals surface area (Å²) in [6.07, 6.45) is -2.91. The third kappa shape index (κ3) is 5.20. The Morgan fingerprint density at radius 1 is 1.33 bits per heavy atom. The zero-order chi connectivity index (χ0) is 15.5. The average Bonchev–Trinajstić information content (AvgIpc) is 2.84. The summed E-state index contributed by atoms with van der Waals surface area (Å²) in [5, 5.41) is 3.22. The number of halogens is 4. The van der Waals surface area contributed by atoms with E-state index < -0.39 is 12.8 Å². The van der Waals surface area contributed by atoms with Gasteiger partial charge in [0.15, 0.2) is 6.61 Å². The number of pyridine rings is 1. The maximum atomic E-state index is 12.0. The summed E-state index contributed by atoms with van der Waals surface area (Å²) in [7, 11) is 0. The molecule has 0 spiro atoms. The van der Waals surface area contributed by atoms with E-state index in [9.17, 15) is 13.2 Å². The Labute approximate surface area is 132 Å². The van der Waals surface area contributed by atoms with Crippen LogP contribution in [-0.2, 0) is 0 Å². The Morgan fingerprint density at radius 3 is 2.62 bits per heavy atom. The number of nitrogens with zero attached hydrogens (tertiary/aromatic N) is 1. The van der Waals surface area contributed by atoms with Gasteiger partial charge < -0.3 is 10.1 Å². The number of nitrogens with one attached hydrogen (secondary N) is 1. The third-order valence-corrected chi connectivity index (χ3v) is 4.33. The normalized spacial score (nSPS) is 13.0. The predicted octanol–water partition coefficient (Wildman–Crippen LogP) is 5.02. The molecule has 0 saturated heterocycles. The fourth-order valence-electron chi connectivity index (χ4n) is 1.59. The van der Waals surface area contributed by atoms with Crippen molar-refractivity contribution in [3.05, 3.63) is 39.1 Å². The standard InChI is InChI=1S/C13H12BrF3N2OS/c1-8(10-3-4-11(14)21-10)19-9-2-5-12(18-6-9)20-7-13(15,16)17/h2-6,8,19H,7H2,1H3. The molecule has 0 aliphatic rings. The Bertz CT molecular complexity index is 586. The van der Waals surface area contributed by atoms with Gasteiger partial charge in [0.25, 0.3) is 0 Å². The highest BCUT2D eigenvalue weighted by molar-refractivity contribution is 9.11. The lowest BCUT2D eigenvalue weighted by atomic mass is 10.2. The largest absolute Gasteiger partial charge is 0.468 e. The van der Waals surface area contributed by atoms with E-state index >= 15 is 0 Å². The van der Waals surface area contributed by atoms with Crippen LogP contribution in [0.1, 0.15) is 17.8 Å². The van der Waals surface area contributed by atoms with Crippen molar-refractivity contribution in [2.45, 2.75) is 19.1 Å². The number of hydrogen-bond acceptors (Lipinski definition) is 4. The summed E-state index contributed by atoms with van der Waals surface area (Å²) in [5.41, 5.74) is 0.714. The van der Waals surface area contributed by atoms with Crippen LogP contribution < -0.4 is 10.1 Å². The highest BCUT2D eigenvalue weighted by atomic mass is 79.9. The molecule has 2 heterocycles. The first-order valence-electron chi connectivity index (χ1n) is 6.01. The summed E-state index contributed by atoms with van der Waals surface area (Å²) in [6.45, 7) is 0.652. The molecular formula is C13H12BrF3N2OS. The van der Waals surface area contributed by atoms with Crippen LogP contribution in [0.3, 0.4) is 0 Å². The number of aromatic nitrogens is 1. The van der Waals surface area contributed by atoms with Gasteiger partial charge in [-0.15, -0.1) is 11.3 Å². The molecule has 1 unspecified atom stereocenters. The molecule has 0 aliphatic heterocycles. The van der Waals surface area contributed by atoms with E-state index in [2.05, 4.69) is 31.0 Å². The molecular weight excluding hydrogens is 369 g/mol. The average molecular weight is 381 g/mol. The molecule has 0 radical (unpaired) electrons. The zero-order valence-corrected chi connectivity index (χ0v) is 13.3. The van der Waals surface area contributed by atoms with E-state index in [0.29, 0.717) is 5.69 Å². The molecule has 8 heteroatoms. The topological polar surface area (TPSA) is 34.1 Å². The predicted molar refractivity (Wildman–Crippen MR) is 79.8 cm³/mol. The van der Waals surface area contributed by atoms with Crippen LogP contribution >= 0.6 is 27.3 Å². The van der Waals surface area contributed by atoms with E-state index in [-0.39, 0.29) is 11.9 Å². The summed E-state index contributed by atoms with van der Waals surface area (Å²) in [4.78, 5) is 4.98. The van der Waals surface area contributed by atoms with E-state index in [0.717, 1.165) is 8.66 Å². The molecule has 2 aromatic rings. The van der Waals surface area contributed by atoms with Crippen LogP contribution in [0.2, 0.25) is 0 Å². The molecule has 1 N–H and O–H groups in total. The minimum atomic E-state index is -4.36. The first kappa shape index (κ1) is 16.1. The summed E-state index contributed by atoms with van der Waals surface area (Å²) >= 11 is 5.01. The molecule has 0 aliphatic carbocycles. The van der Waals surface area contributed by atoms with Gasteiger partial charge in [0.2, 0.25) is 5.88 Å². The Hall–Kier alpha value is -1.28. The number of thiophene rings is 1. The van der Waals surface area contributed by atoms with Gasteiger partial charge in [-0.05, 0) is 41.1 Å². The second kappa shape index (κ2) is 6.65. The molecule has 0 aromatic carbocycles. The third-order valence-electron chi connectivity index (χ3n) is 2.52. The first-order valence-corrected chi connectivity index (χ1v) is 7.62. The summed E-state index contributed by atoms with van der Waals surface area (Å²) < 4.78 is 41.6. The minimum absolute atomic E-state index is 0.0515. The van der Waals surface area contributed by atoms with Gasteiger partial charge in [-0.25, -0.2) is 4.98 Å². The van der Waals surface area contributed by atoms with Gasteiger partial charge in [-0.1, -0.05) is 0 Å². The molecule has 21 heavy (non-hydrogen) atoms. The Balaban J connectivity index is 1.93.